The molecule has 1 aromatic heterocycles. The molecular weight excluding hydrogens is 232 g/mol. The molecule has 0 atom stereocenters. The number of halogens is 1. The van der Waals surface area contributed by atoms with Crippen molar-refractivity contribution in [3.8, 4) is 0 Å². The fraction of sp³-hybridized carbons (Fsp3) is 0.500. The number of nitrogens with zero attached hydrogens (tertiary/aromatic N) is 2. The summed E-state index contributed by atoms with van der Waals surface area (Å²) in [5.74, 6) is 0.988. The van der Waals surface area contributed by atoms with E-state index in [0.29, 0.717) is 5.15 Å². The van der Waals surface area contributed by atoms with E-state index in [0.717, 1.165) is 18.9 Å². The molecule has 2 nitrogen and oxygen atoms in total. The van der Waals surface area contributed by atoms with Gasteiger partial charge < -0.3 is 0 Å². The first-order valence-electron chi connectivity index (χ1n) is 6.34. The van der Waals surface area contributed by atoms with Gasteiger partial charge in [-0.2, -0.15) is 0 Å². The maximum absolute atomic E-state index is 5.80. The molecule has 0 aromatic carbocycles. The van der Waals surface area contributed by atoms with Crippen LogP contribution in [0.4, 0.5) is 0 Å². The Hall–Kier alpha value is -0.860. The third kappa shape index (κ3) is 2.88. The summed E-state index contributed by atoms with van der Waals surface area (Å²) < 4.78 is 0. The van der Waals surface area contributed by atoms with E-state index in [1.165, 1.54) is 37.1 Å². The van der Waals surface area contributed by atoms with Gasteiger partial charge >= 0.3 is 0 Å². The van der Waals surface area contributed by atoms with Crippen LogP contribution in [0.3, 0.4) is 0 Å². The van der Waals surface area contributed by atoms with Gasteiger partial charge in [0.05, 0.1) is 0 Å². The smallest absolute Gasteiger partial charge is 0.129 e. The Morgan fingerprint density at radius 2 is 2.24 bits per heavy atom. The van der Waals surface area contributed by atoms with Gasteiger partial charge in [-0.05, 0) is 42.4 Å². The summed E-state index contributed by atoms with van der Waals surface area (Å²) in [6.45, 7) is 3.57. The van der Waals surface area contributed by atoms with Gasteiger partial charge in [-0.1, -0.05) is 23.7 Å². The molecule has 0 unspecified atom stereocenters. The van der Waals surface area contributed by atoms with Gasteiger partial charge in [0.2, 0.25) is 0 Å². The Morgan fingerprint density at radius 1 is 1.35 bits per heavy atom. The van der Waals surface area contributed by atoms with E-state index >= 15 is 0 Å². The van der Waals surface area contributed by atoms with E-state index in [2.05, 4.69) is 22.0 Å². The summed E-state index contributed by atoms with van der Waals surface area (Å²) in [7, 11) is 0. The Kier molecular flexibility index (Phi) is 3.17. The lowest BCUT2D eigenvalue weighted by molar-refractivity contribution is 0.289. The van der Waals surface area contributed by atoms with Crippen LogP contribution in [0.1, 0.15) is 24.8 Å². The lowest BCUT2D eigenvalue weighted by atomic mass is 10.0. The minimum Gasteiger partial charge on any atom is -0.299 e. The van der Waals surface area contributed by atoms with Gasteiger partial charge in [0.25, 0.3) is 0 Å². The molecule has 0 bridgehead atoms. The van der Waals surface area contributed by atoms with Crippen molar-refractivity contribution < 1.29 is 0 Å². The molecule has 0 spiro atoms. The zero-order chi connectivity index (χ0) is 11.7. The van der Waals surface area contributed by atoms with Crippen LogP contribution in [0.5, 0.6) is 0 Å². The van der Waals surface area contributed by atoms with Gasteiger partial charge in [0, 0.05) is 25.8 Å². The Bertz CT molecular complexity index is 420. The lowest BCUT2D eigenvalue weighted by Crippen LogP contribution is -2.30. The predicted molar refractivity (Wildman–Crippen MR) is 71.0 cm³/mol. The van der Waals surface area contributed by atoms with E-state index in [1.807, 2.05) is 12.3 Å². The standard InChI is InChI=1S/C14H17ClN2/c15-14-4-3-13(9-16-14)12-5-7-17(8-6-12)10-11-1-2-11/h3-5,9,11H,1-2,6-8,10H2. The van der Waals surface area contributed by atoms with E-state index in [9.17, 15) is 0 Å². The average molecular weight is 249 g/mol. The molecule has 1 aliphatic carbocycles. The van der Waals surface area contributed by atoms with Crippen LogP contribution < -0.4 is 0 Å². The second-order valence-corrected chi connectivity index (χ2v) is 5.44. The number of pyridine rings is 1. The molecule has 0 radical (unpaired) electrons. The van der Waals surface area contributed by atoms with Crippen molar-refractivity contribution in [1.82, 2.24) is 9.88 Å². The molecule has 2 heterocycles. The molecular formula is C14H17ClN2. The first kappa shape index (κ1) is 11.2. The molecule has 0 N–H and O–H groups in total. The van der Waals surface area contributed by atoms with Crippen LogP contribution in [0.25, 0.3) is 5.57 Å². The van der Waals surface area contributed by atoms with E-state index in [4.69, 9.17) is 11.6 Å². The second-order valence-electron chi connectivity index (χ2n) is 5.05. The quantitative estimate of drug-likeness (QED) is 0.764. The van der Waals surface area contributed by atoms with Crippen LogP contribution in [0.2, 0.25) is 5.15 Å². The van der Waals surface area contributed by atoms with E-state index < -0.39 is 0 Å². The summed E-state index contributed by atoms with van der Waals surface area (Å²) in [5, 5.41) is 0.570. The predicted octanol–water partition coefficient (Wildman–Crippen LogP) is 3.23. The molecule has 0 saturated heterocycles. The summed E-state index contributed by atoms with van der Waals surface area (Å²) >= 11 is 5.80. The van der Waals surface area contributed by atoms with Crippen molar-refractivity contribution in [1.29, 1.82) is 0 Å². The number of hydrogen-bond acceptors (Lipinski definition) is 2. The topological polar surface area (TPSA) is 16.1 Å². The third-order valence-electron chi connectivity index (χ3n) is 3.60. The molecule has 1 aliphatic heterocycles. The normalized spacial score (nSPS) is 21.4. The SMILES string of the molecule is Clc1ccc(C2=CCN(CC3CC3)CC2)cn1. The minimum atomic E-state index is 0.570. The highest BCUT2D eigenvalue weighted by atomic mass is 35.5. The van der Waals surface area contributed by atoms with Crippen LogP contribution in [-0.4, -0.2) is 29.5 Å². The largest absolute Gasteiger partial charge is 0.299 e. The number of rotatable bonds is 3. The fourth-order valence-corrected chi connectivity index (χ4v) is 2.48. The van der Waals surface area contributed by atoms with Crippen molar-refractivity contribution in [3.05, 3.63) is 35.1 Å². The van der Waals surface area contributed by atoms with Crippen LogP contribution in [-0.2, 0) is 0 Å². The van der Waals surface area contributed by atoms with E-state index in [-0.39, 0.29) is 0 Å². The molecule has 1 fully saturated rings. The molecule has 17 heavy (non-hydrogen) atoms. The van der Waals surface area contributed by atoms with Crippen molar-refractivity contribution >= 4 is 17.2 Å². The molecule has 90 valence electrons. The van der Waals surface area contributed by atoms with Crippen molar-refractivity contribution in [2.24, 2.45) is 5.92 Å². The second kappa shape index (κ2) is 4.79. The highest BCUT2D eigenvalue weighted by molar-refractivity contribution is 6.29. The fourth-order valence-electron chi connectivity index (χ4n) is 2.37. The zero-order valence-corrected chi connectivity index (χ0v) is 10.7. The molecule has 1 saturated carbocycles. The minimum absolute atomic E-state index is 0.570. The van der Waals surface area contributed by atoms with Gasteiger partial charge in [0.1, 0.15) is 5.15 Å². The Labute approximate surface area is 107 Å². The van der Waals surface area contributed by atoms with Gasteiger partial charge in [-0.25, -0.2) is 4.98 Å². The summed E-state index contributed by atoms with van der Waals surface area (Å²) in [5.41, 5.74) is 2.64. The highest BCUT2D eigenvalue weighted by Gasteiger charge is 2.25. The molecule has 3 heteroatoms. The average Bonchev–Trinajstić information content (AvgIpc) is 3.15. The number of hydrogen-bond donors (Lipinski definition) is 0. The Morgan fingerprint density at radius 3 is 2.82 bits per heavy atom. The first-order chi connectivity index (χ1) is 8.31. The number of aromatic nitrogens is 1. The monoisotopic (exact) mass is 248 g/mol. The lowest BCUT2D eigenvalue weighted by Gasteiger charge is -2.26. The van der Waals surface area contributed by atoms with Crippen LogP contribution in [0, 0.1) is 5.92 Å². The van der Waals surface area contributed by atoms with Crippen molar-refractivity contribution in [3.63, 3.8) is 0 Å². The zero-order valence-electron chi connectivity index (χ0n) is 9.90. The molecule has 0 amide bonds. The Balaban J connectivity index is 1.64. The van der Waals surface area contributed by atoms with Gasteiger partial charge in [0.15, 0.2) is 0 Å². The molecule has 2 aliphatic rings. The molecule has 1 aromatic rings. The summed E-state index contributed by atoms with van der Waals surface area (Å²) in [6, 6.07) is 3.94. The maximum atomic E-state index is 5.80. The molecule has 3 rings (SSSR count). The van der Waals surface area contributed by atoms with Gasteiger partial charge in [-0.3, -0.25) is 4.90 Å². The maximum Gasteiger partial charge on any atom is 0.129 e. The third-order valence-corrected chi connectivity index (χ3v) is 3.83. The van der Waals surface area contributed by atoms with Crippen molar-refractivity contribution in [2.45, 2.75) is 19.3 Å². The van der Waals surface area contributed by atoms with Crippen LogP contribution >= 0.6 is 11.6 Å². The highest BCUT2D eigenvalue weighted by Crippen LogP contribution is 2.31. The summed E-state index contributed by atoms with van der Waals surface area (Å²) in [6.07, 6.45) is 8.24. The van der Waals surface area contributed by atoms with E-state index in [1.54, 1.807) is 0 Å². The summed E-state index contributed by atoms with van der Waals surface area (Å²) in [4.78, 5) is 6.70. The van der Waals surface area contributed by atoms with Gasteiger partial charge in [-0.15, -0.1) is 0 Å². The first-order valence-corrected chi connectivity index (χ1v) is 6.72. The van der Waals surface area contributed by atoms with Crippen LogP contribution in [0.15, 0.2) is 24.4 Å². The van der Waals surface area contributed by atoms with Crippen molar-refractivity contribution in [2.75, 3.05) is 19.6 Å².